The molecule has 1 unspecified atom stereocenters. The minimum Gasteiger partial charge on any atom is -0.457 e. The van der Waals surface area contributed by atoms with Crippen LogP contribution in [0.3, 0.4) is 0 Å². The number of hydrogen-bond acceptors (Lipinski definition) is 8. The molecule has 3 N–H and O–H groups in total. The van der Waals surface area contributed by atoms with Crippen LogP contribution < -0.4 is 0 Å². The monoisotopic (exact) mass is 505 g/mol. The number of aromatic nitrogens is 1. The summed E-state index contributed by atoms with van der Waals surface area (Å²) in [4.78, 5) is 30.3. The molecule has 194 valence electrons. The molecule has 0 amide bonds. The van der Waals surface area contributed by atoms with E-state index in [1.165, 1.54) is 11.3 Å². The molecular formula is C27H39NO6S. The quantitative estimate of drug-likeness (QED) is 0.527. The molecule has 0 aliphatic carbocycles. The molecule has 2 heterocycles. The van der Waals surface area contributed by atoms with Crippen LogP contribution in [-0.2, 0) is 20.9 Å². The van der Waals surface area contributed by atoms with Crippen molar-refractivity contribution in [2.45, 2.75) is 85.7 Å². The van der Waals surface area contributed by atoms with Gasteiger partial charge in [-0.25, -0.2) is 4.98 Å². The molecule has 1 aromatic heterocycles. The smallest absolute Gasteiger partial charge is 0.309 e. The molecule has 7 nitrogen and oxygen atoms in total. The van der Waals surface area contributed by atoms with Gasteiger partial charge >= 0.3 is 5.97 Å². The Hall–Kier alpha value is -2.13. The second-order valence-corrected chi connectivity index (χ2v) is 11.0. The lowest BCUT2D eigenvalue weighted by molar-refractivity contribution is -0.154. The highest BCUT2D eigenvalue weighted by Crippen LogP contribution is 2.32. The van der Waals surface area contributed by atoms with Crippen molar-refractivity contribution in [3.63, 3.8) is 0 Å². The van der Waals surface area contributed by atoms with E-state index in [2.05, 4.69) is 4.98 Å². The van der Waals surface area contributed by atoms with Gasteiger partial charge in [0.15, 0.2) is 0 Å². The highest BCUT2D eigenvalue weighted by Gasteiger charge is 2.42. The number of Topliss-reactive ketones (excluding diaryl/α,β-unsaturated/α-hetero) is 1. The van der Waals surface area contributed by atoms with Gasteiger partial charge in [0.25, 0.3) is 0 Å². The molecule has 35 heavy (non-hydrogen) atoms. The maximum Gasteiger partial charge on any atom is 0.309 e. The molecule has 0 saturated heterocycles. The largest absolute Gasteiger partial charge is 0.457 e. The Morgan fingerprint density at radius 2 is 1.94 bits per heavy atom. The summed E-state index contributed by atoms with van der Waals surface area (Å²) < 4.78 is 5.76. The summed E-state index contributed by atoms with van der Waals surface area (Å²) in [6.07, 6.45) is 5.71. The molecule has 0 saturated carbocycles. The molecule has 1 aliphatic heterocycles. The number of rotatable bonds is 3. The number of carbonyl (C=O) groups excluding carboxylic acids is 2. The third-order valence-corrected chi connectivity index (χ3v) is 7.59. The van der Waals surface area contributed by atoms with Crippen LogP contribution in [0.15, 0.2) is 34.8 Å². The summed E-state index contributed by atoms with van der Waals surface area (Å²) >= 11 is 1.35. The minimum absolute atomic E-state index is 0.134. The van der Waals surface area contributed by atoms with Crippen LogP contribution in [0.5, 0.6) is 0 Å². The maximum absolute atomic E-state index is 13.2. The van der Waals surface area contributed by atoms with Crippen molar-refractivity contribution in [2.75, 3.05) is 0 Å². The molecule has 0 radical (unpaired) electrons. The number of cyclic esters (lactones) is 1. The lowest BCUT2D eigenvalue weighted by Crippen LogP contribution is -2.45. The first-order chi connectivity index (χ1) is 16.4. The van der Waals surface area contributed by atoms with E-state index >= 15 is 0 Å². The molecule has 5 atom stereocenters. The molecule has 2 rings (SSSR count). The zero-order valence-corrected chi connectivity index (χ0v) is 22.3. The maximum atomic E-state index is 13.2. The van der Waals surface area contributed by atoms with Crippen LogP contribution in [0.4, 0.5) is 0 Å². The standard InChI is InChI=1S/C27H39NO6S/c1-16-8-7-9-17(2)25(32)19(4)26(33)27(5,6)22(30)13-24(31)34-21(11-10-16)18(3)12-20-15-35-23(14-29)28-20/h7-8,10,12,15,17,19,21-22,25,29-30,32H,9,11,13-14H2,1-6H3/b8-7+,16-10-,18-12+/t17-,19+,21-,22-,25?/m0/s1. The van der Waals surface area contributed by atoms with Crippen LogP contribution in [0.2, 0.25) is 0 Å². The van der Waals surface area contributed by atoms with E-state index in [-0.39, 0.29) is 24.7 Å². The van der Waals surface area contributed by atoms with Gasteiger partial charge in [0.2, 0.25) is 0 Å². The SMILES string of the molecule is CC1=C/C[C@@H](/C(C)=C/c2csc(CO)n2)OC(=O)C[C@H](O)C(C)(C)C(=O)[C@H](C)C(O)[C@@H](C)C\C=C\1. The fraction of sp³-hybridized carbons (Fsp3) is 0.593. The highest BCUT2D eigenvalue weighted by molar-refractivity contribution is 7.09. The molecule has 0 aromatic carbocycles. The third-order valence-electron chi connectivity index (χ3n) is 6.74. The van der Waals surface area contributed by atoms with Gasteiger partial charge in [-0.3, -0.25) is 9.59 Å². The summed E-state index contributed by atoms with van der Waals surface area (Å²) in [5, 5.41) is 33.2. The van der Waals surface area contributed by atoms with E-state index in [4.69, 9.17) is 4.74 Å². The zero-order valence-electron chi connectivity index (χ0n) is 21.5. The van der Waals surface area contributed by atoms with Gasteiger partial charge in [0.05, 0.1) is 36.3 Å². The fourth-order valence-corrected chi connectivity index (χ4v) is 4.72. The Bertz CT molecular complexity index is 976. The Kier molecular flexibility index (Phi) is 10.6. The molecule has 0 bridgehead atoms. The van der Waals surface area contributed by atoms with Gasteiger partial charge in [-0.05, 0) is 37.8 Å². The van der Waals surface area contributed by atoms with Crippen molar-refractivity contribution in [2.24, 2.45) is 17.3 Å². The number of hydrogen-bond donors (Lipinski definition) is 3. The van der Waals surface area contributed by atoms with E-state index in [0.717, 1.165) is 11.1 Å². The summed E-state index contributed by atoms with van der Waals surface area (Å²) in [5.41, 5.74) is 1.20. The summed E-state index contributed by atoms with van der Waals surface area (Å²) in [6, 6.07) is 0. The molecule has 1 aromatic rings. The Morgan fingerprint density at radius 3 is 2.57 bits per heavy atom. The number of ketones is 1. The van der Waals surface area contributed by atoms with Gasteiger partial charge in [-0.15, -0.1) is 11.3 Å². The van der Waals surface area contributed by atoms with Gasteiger partial charge in [0.1, 0.15) is 16.9 Å². The van der Waals surface area contributed by atoms with E-state index in [0.29, 0.717) is 23.5 Å². The fourth-order valence-electron chi connectivity index (χ4n) is 4.10. The van der Waals surface area contributed by atoms with Crippen molar-refractivity contribution in [1.29, 1.82) is 0 Å². The Balaban J connectivity index is 2.37. The van der Waals surface area contributed by atoms with Crippen LogP contribution in [0.25, 0.3) is 6.08 Å². The van der Waals surface area contributed by atoms with Crippen molar-refractivity contribution < 1.29 is 29.6 Å². The first-order valence-corrected chi connectivity index (χ1v) is 12.9. The third kappa shape index (κ3) is 7.93. The number of thiazole rings is 1. The van der Waals surface area contributed by atoms with Crippen molar-refractivity contribution >= 4 is 29.2 Å². The van der Waals surface area contributed by atoms with E-state index in [1.54, 1.807) is 20.8 Å². The summed E-state index contributed by atoms with van der Waals surface area (Å²) in [5.74, 6) is -1.74. The van der Waals surface area contributed by atoms with Crippen LogP contribution in [-0.4, -0.2) is 50.4 Å². The first-order valence-electron chi connectivity index (χ1n) is 12.0. The second-order valence-electron chi connectivity index (χ2n) is 10.1. The topological polar surface area (TPSA) is 117 Å². The zero-order chi connectivity index (χ0) is 26.3. The van der Waals surface area contributed by atoms with E-state index in [1.807, 2.05) is 50.5 Å². The number of esters is 1. The van der Waals surface area contributed by atoms with Crippen molar-refractivity contribution in [3.05, 3.63) is 45.5 Å². The number of aliphatic hydroxyl groups excluding tert-OH is 3. The average Bonchev–Trinajstić information content (AvgIpc) is 3.26. The van der Waals surface area contributed by atoms with Crippen molar-refractivity contribution in [3.8, 4) is 0 Å². The number of carbonyl (C=O) groups is 2. The number of allylic oxidation sites excluding steroid dienone is 3. The lowest BCUT2D eigenvalue weighted by Gasteiger charge is -2.34. The normalized spacial score (nSPS) is 32.0. The molecular weight excluding hydrogens is 466 g/mol. The second kappa shape index (κ2) is 12.7. The van der Waals surface area contributed by atoms with Crippen LogP contribution >= 0.6 is 11.3 Å². The predicted octanol–water partition coefficient (Wildman–Crippen LogP) is 4.23. The Labute approximate surface area is 212 Å². The lowest BCUT2D eigenvalue weighted by atomic mass is 9.73. The number of aliphatic hydroxyl groups is 3. The molecule has 1 aliphatic rings. The Morgan fingerprint density at radius 1 is 1.26 bits per heavy atom. The van der Waals surface area contributed by atoms with E-state index < -0.39 is 35.6 Å². The van der Waals surface area contributed by atoms with Crippen molar-refractivity contribution in [1.82, 2.24) is 4.98 Å². The van der Waals surface area contributed by atoms with Gasteiger partial charge < -0.3 is 20.1 Å². The summed E-state index contributed by atoms with van der Waals surface area (Å²) in [6.45, 7) is 10.4. The number of ether oxygens (including phenoxy) is 1. The number of nitrogens with zero attached hydrogens (tertiary/aromatic N) is 1. The van der Waals surface area contributed by atoms with Gasteiger partial charge in [0, 0.05) is 17.7 Å². The summed E-state index contributed by atoms with van der Waals surface area (Å²) in [7, 11) is 0. The molecule has 0 spiro atoms. The minimum atomic E-state index is -1.26. The average molecular weight is 506 g/mol. The van der Waals surface area contributed by atoms with Crippen LogP contribution in [0, 0.1) is 17.3 Å². The van der Waals surface area contributed by atoms with Gasteiger partial charge in [-0.2, -0.15) is 0 Å². The van der Waals surface area contributed by atoms with E-state index in [9.17, 15) is 24.9 Å². The van der Waals surface area contributed by atoms with Crippen LogP contribution in [0.1, 0.15) is 71.5 Å². The van der Waals surface area contributed by atoms with Gasteiger partial charge in [-0.1, -0.05) is 51.5 Å². The highest BCUT2D eigenvalue weighted by atomic mass is 32.1. The molecule has 0 fully saturated rings. The predicted molar refractivity (Wildman–Crippen MR) is 137 cm³/mol. The first kappa shape index (κ1) is 29.1. The molecule has 8 heteroatoms.